The molecule has 42 heavy (non-hydrogen) atoms. The minimum atomic E-state index is -3.58. The van der Waals surface area contributed by atoms with E-state index in [1.165, 1.54) is 7.11 Å². The molecule has 0 amide bonds. The van der Waals surface area contributed by atoms with Gasteiger partial charge in [-0.3, -0.25) is 9.69 Å². The molecule has 0 radical (unpaired) electrons. The van der Waals surface area contributed by atoms with Gasteiger partial charge in [-0.05, 0) is 59.6 Å². The van der Waals surface area contributed by atoms with Crippen molar-refractivity contribution in [3.05, 3.63) is 65.2 Å². The standard InChI is InChI=1S/C32H42N2O7S/c1-31(2)26-12-13-32(31,29(35)19-26)22-42(37,38)34-16-14-33(15-17-34)20-28(25-6-5-7-27(18-25)39-3)41-21-23-8-10-24(11-9-23)30(36)40-4/h5-11,18,26,28H,12-17,19-22H2,1-4H3/t26-,28-,32-/m0/s1. The normalized spacial score (nSPS) is 25.0. The van der Waals surface area contributed by atoms with Gasteiger partial charge in [0.2, 0.25) is 10.0 Å². The van der Waals surface area contributed by atoms with E-state index in [0.29, 0.717) is 57.7 Å². The Hall–Kier alpha value is -2.79. The quantitative estimate of drug-likeness (QED) is 0.357. The van der Waals surface area contributed by atoms with Crippen LogP contribution in [0.15, 0.2) is 48.5 Å². The van der Waals surface area contributed by atoms with E-state index in [1.54, 1.807) is 23.5 Å². The summed E-state index contributed by atoms with van der Waals surface area (Å²) in [5.74, 6) is 0.688. The number of esters is 1. The number of rotatable bonds is 11. The zero-order valence-electron chi connectivity index (χ0n) is 25.0. The van der Waals surface area contributed by atoms with E-state index in [-0.39, 0.29) is 34.9 Å². The Morgan fingerprint density at radius 2 is 1.76 bits per heavy atom. The minimum absolute atomic E-state index is 0.0767. The summed E-state index contributed by atoms with van der Waals surface area (Å²) in [6.45, 7) is 6.99. The van der Waals surface area contributed by atoms with Crippen molar-refractivity contribution in [3.63, 3.8) is 0 Å². The van der Waals surface area contributed by atoms with Gasteiger partial charge in [-0.2, -0.15) is 4.31 Å². The zero-order chi connectivity index (χ0) is 30.1. The topological polar surface area (TPSA) is 102 Å². The molecule has 0 aromatic heterocycles. The van der Waals surface area contributed by atoms with Gasteiger partial charge in [0.25, 0.3) is 0 Å². The summed E-state index contributed by atoms with van der Waals surface area (Å²) in [5, 5.41) is 0. The second-order valence-corrected chi connectivity index (χ2v) is 14.4. The Balaban J connectivity index is 1.24. The van der Waals surface area contributed by atoms with Crippen LogP contribution < -0.4 is 4.74 Å². The lowest BCUT2D eigenvalue weighted by Crippen LogP contribution is -2.53. The summed E-state index contributed by atoms with van der Waals surface area (Å²) in [6, 6.07) is 14.9. The van der Waals surface area contributed by atoms with Crippen molar-refractivity contribution in [2.75, 3.05) is 52.7 Å². The van der Waals surface area contributed by atoms with E-state index in [9.17, 15) is 18.0 Å². The second-order valence-electron chi connectivity index (χ2n) is 12.4. The first kappa shape index (κ1) is 30.7. The third-order valence-electron chi connectivity index (χ3n) is 10.0. The second kappa shape index (κ2) is 12.1. The van der Waals surface area contributed by atoms with Gasteiger partial charge in [0.15, 0.2) is 0 Å². The van der Waals surface area contributed by atoms with Crippen LogP contribution in [0, 0.1) is 16.7 Å². The van der Waals surface area contributed by atoms with Crippen molar-refractivity contribution in [2.45, 2.75) is 45.8 Å². The fourth-order valence-corrected chi connectivity index (χ4v) is 9.29. The van der Waals surface area contributed by atoms with E-state index in [4.69, 9.17) is 14.2 Å². The molecule has 2 aliphatic carbocycles. The SMILES string of the molecule is COC(=O)c1ccc(CO[C@@H](CN2CCN(S(=O)(=O)C[C@@]34CC[C@@H](CC3=O)C4(C)C)CC2)c2cccc(OC)c2)cc1. The number of methoxy groups -OCH3 is 2. The van der Waals surface area contributed by atoms with Gasteiger partial charge in [0, 0.05) is 44.6 Å². The van der Waals surface area contributed by atoms with Crippen molar-refractivity contribution in [2.24, 2.45) is 16.7 Å². The number of piperazine rings is 1. The van der Waals surface area contributed by atoms with Crippen LogP contribution in [0.3, 0.4) is 0 Å². The molecule has 2 aromatic carbocycles. The minimum Gasteiger partial charge on any atom is -0.497 e. The smallest absolute Gasteiger partial charge is 0.337 e. The largest absolute Gasteiger partial charge is 0.497 e. The number of ketones is 1. The number of carbonyl (C=O) groups is 2. The van der Waals surface area contributed by atoms with Crippen LogP contribution in [-0.4, -0.2) is 82.1 Å². The number of hydrogen-bond acceptors (Lipinski definition) is 8. The van der Waals surface area contributed by atoms with E-state index < -0.39 is 15.4 Å². The molecule has 1 saturated heterocycles. The maximum absolute atomic E-state index is 13.6. The first-order chi connectivity index (χ1) is 20.0. The maximum Gasteiger partial charge on any atom is 0.337 e. The van der Waals surface area contributed by atoms with Crippen molar-refractivity contribution in [3.8, 4) is 5.75 Å². The van der Waals surface area contributed by atoms with Crippen molar-refractivity contribution < 1.29 is 32.2 Å². The lowest BCUT2D eigenvalue weighted by atomic mass is 9.70. The van der Waals surface area contributed by atoms with Crippen LogP contribution in [0.5, 0.6) is 5.75 Å². The lowest BCUT2D eigenvalue weighted by Gasteiger charge is -2.40. The number of hydrogen-bond donors (Lipinski definition) is 0. The molecule has 3 atom stereocenters. The highest BCUT2D eigenvalue weighted by Crippen LogP contribution is 2.64. The molecule has 0 unspecified atom stereocenters. The summed E-state index contributed by atoms with van der Waals surface area (Å²) in [4.78, 5) is 27.0. The van der Waals surface area contributed by atoms with Crippen LogP contribution in [-0.2, 0) is 30.9 Å². The molecule has 0 N–H and O–H groups in total. The Labute approximate surface area is 249 Å². The predicted octanol–water partition coefficient (Wildman–Crippen LogP) is 4.08. The highest BCUT2D eigenvalue weighted by Gasteiger charge is 2.65. The third kappa shape index (κ3) is 5.86. The molecule has 2 bridgehead atoms. The summed E-state index contributed by atoms with van der Waals surface area (Å²) in [6.07, 6.45) is 1.84. The number of sulfonamides is 1. The van der Waals surface area contributed by atoms with Gasteiger partial charge in [-0.1, -0.05) is 38.1 Å². The monoisotopic (exact) mass is 598 g/mol. The van der Waals surface area contributed by atoms with E-state index in [0.717, 1.165) is 23.3 Å². The molecule has 0 spiro atoms. The summed E-state index contributed by atoms with van der Waals surface area (Å²) < 4.78 is 45.4. The van der Waals surface area contributed by atoms with E-state index in [1.807, 2.05) is 36.4 Å². The van der Waals surface area contributed by atoms with Crippen LogP contribution in [0.25, 0.3) is 0 Å². The highest BCUT2D eigenvalue weighted by atomic mass is 32.2. The van der Waals surface area contributed by atoms with Crippen LogP contribution in [0.4, 0.5) is 0 Å². The summed E-state index contributed by atoms with van der Waals surface area (Å²) in [7, 11) is -0.597. The molecule has 1 aliphatic heterocycles. The van der Waals surface area contributed by atoms with Crippen LogP contribution in [0.1, 0.15) is 60.7 Å². The number of ether oxygens (including phenoxy) is 3. The Morgan fingerprint density at radius 1 is 1.05 bits per heavy atom. The molecule has 10 heteroatoms. The Bertz CT molecular complexity index is 1400. The fraction of sp³-hybridized carbons (Fsp3) is 0.562. The average molecular weight is 599 g/mol. The first-order valence-corrected chi connectivity index (χ1v) is 16.3. The van der Waals surface area contributed by atoms with Gasteiger partial charge < -0.3 is 14.2 Å². The zero-order valence-corrected chi connectivity index (χ0v) is 25.8. The van der Waals surface area contributed by atoms with Crippen molar-refractivity contribution in [1.82, 2.24) is 9.21 Å². The molecule has 228 valence electrons. The van der Waals surface area contributed by atoms with Gasteiger partial charge >= 0.3 is 5.97 Å². The number of fused-ring (bicyclic) bond motifs is 2. The van der Waals surface area contributed by atoms with E-state index >= 15 is 0 Å². The number of carbonyl (C=O) groups excluding carboxylic acids is 2. The molecule has 2 aromatic rings. The lowest BCUT2D eigenvalue weighted by molar-refractivity contribution is -0.128. The van der Waals surface area contributed by atoms with Crippen molar-refractivity contribution in [1.29, 1.82) is 0 Å². The van der Waals surface area contributed by atoms with Gasteiger partial charge in [0.1, 0.15) is 11.5 Å². The average Bonchev–Trinajstić information content (AvgIpc) is 3.33. The molecule has 9 nitrogen and oxygen atoms in total. The molecular weight excluding hydrogens is 556 g/mol. The highest BCUT2D eigenvalue weighted by molar-refractivity contribution is 7.89. The third-order valence-corrected chi connectivity index (χ3v) is 12.0. The summed E-state index contributed by atoms with van der Waals surface area (Å²) >= 11 is 0. The number of benzene rings is 2. The van der Waals surface area contributed by atoms with Gasteiger partial charge in [0.05, 0.1) is 38.2 Å². The van der Waals surface area contributed by atoms with Crippen LogP contribution in [0.2, 0.25) is 0 Å². The first-order valence-electron chi connectivity index (χ1n) is 14.7. The Morgan fingerprint density at radius 3 is 2.36 bits per heavy atom. The molecule has 5 rings (SSSR count). The molecule has 3 aliphatic rings. The van der Waals surface area contributed by atoms with Crippen LogP contribution >= 0.6 is 0 Å². The maximum atomic E-state index is 13.6. The summed E-state index contributed by atoms with van der Waals surface area (Å²) in [5.41, 5.74) is 1.33. The number of nitrogens with zero attached hydrogens (tertiary/aromatic N) is 2. The predicted molar refractivity (Wildman–Crippen MR) is 159 cm³/mol. The molecule has 2 saturated carbocycles. The van der Waals surface area contributed by atoms with Crippen molar-refractivity contribution >= 4 is 21.8 Å². The van der Waals surface area contributed by atoms with Gasteiger partial charge in [-0.25, -0.2) is 13.2 Å². The molecule has 1 heterocycles. The fourth-order valence-electron chi connectivity index (χ4n) is 7.08. The number of Topliss-reactive ketones (excluding diaryl/α,β-unsaturated/α-hetero) is 1. The van der Waals surface area contributed by atoms with E-state index in [2.05, 4.69) is 18.7 Å². The molecular formula is C32H42N2O7S. The molecule has 3 fully saturated rings. The Kier molecular flexibility index (Phi) is 8.81. The van der Waals surface area contributed by atoms with Gasteiger partial charge in [-0.15, -0.1) is 0 Å².